The summed E-state index contributed by atoms with van der Waals surface area (Å²) in [5.74, 6) is 0.517. The van der Waals surface area contributed by atoms with Gasteiger partial charge in [0.15, 0.2) is 0 Å². The van der Waals surface area contributed by atoms with Crippen LogP contribution in [-0.2, 0) is 4.74 Å². The summed E-state index contributed by atoms with van der Waals surface area (Å²) in [7, 11) is 1.56. The number of aromatic nitrogens is 1. The molecular formula is C15H17BrN2O3. The third-order valence-corrected chi connectivity index (χ3v) is 3.24. The molecule has 5 nitrogen and oxygen atoms in total. The van der Waals surface area contributed by atoms with Gasteiger partial charge in [-0.1, -0.05) is 15.9 Å². The first kappa shape index (κ1) is 15.6. The molecule has 0 aliphatic heterocycles. The number of pyridine rings is 1. The number of methoxy groups -OCH3 is 1. The zero-order valence-corrected chi connectivity index (χ0v) is 13.9. The lowest BCUT2D eigenvalue weighted by atomic mass is 10.2. The summed E-state index contributed by atoms with van der Waals surface area (Å²) in [6, 6.07) is 7.27. The maximum absolute atomic E-state index is 11.8. The fourth-order valence-electron chi connectivity index (χ4n) is 1.78. The minimum Gasteiger partial charge on any atom is -0.481 e. The van der Waals surface area contributed by atoms with Crippen molar-refractivity contribution in [3.05, 3.63) is 28.7 Å². The molecule has 0 spiro atoms. The van der Waals surface area contributed by atoms with Crippen molar-refractivity contribution in [3.63, 3.8) is 0 Å². The monoisotopic (exact) mass is 352 g/mol. The molecule has 2 rings (SSSR count). The van der Waals surface area contributed by atoms with Gasteiger partial charge in [0.2, 0.25) is 5.88 Å². The largest absolute Gasteiger partial charge is 0.481 e. The summed E-state index contributed by atoms with van der Waals surface area (Å²) in [6.07, 6.45) is -0.503. The molecule has 0 aliphatic carbocycles. The van der Waals surface area contributed by atoms with E-state index in [1.165, 1.54) is 0 Å². The van der Waals surface area contributed by atoms with Gasteiger partial charge in [-0.2, -0.15) is 0 Å². The van der Waals surface area contributed by atoms with Crippen LogP contribution in [0.25, 0.3) is 10.9 Å². The molecule has 0 bridgehead atoms. The first-order chi connectivity index (χ1) is 9.78. The van der Waals surface area contributed by atoms with Gasteiger partial charge in [-0.05, 0) is 39.0 Å². The maximum Gasteiger partial charge on any atom is 0.412 e. The molecule has 1 aromatic heterocycles. The van der Waals surface area contributed by atoms with E-state index in [1.54, 1.807) is 25.3 Å². The van der Waals surface area contributed by atoms with Crippen molar-refractivity contribution >= 4 is 38.6 Å². The van der Waals surface area contributed by atoms with Crippen LogP contribution in [0, 0.1) is 0 Å². The Balaban J connectivity index is 2.30. The van der Waals surface area contributed by atoms with Crippen LogP contribution in [0.15, 0.2) is 28.7 Å². The predicted molar refractivity (Wildman–Crippen MR) is 85.9 cm³/mol. The van der Waals surface area contributed by atoms with Crippen molar-refractivity contribution in [1.29, 1.82) is 0 Å². The third kappa shape index (κ3) is 4.07. The number of carbonyl (C=O) groups is 1. The molecule has 0 radical (unpaired) electrons. The molecule has 0 fully saturated rings. The lowest BCUT2D eigenvalue weighted by molar-refractivity contribution is 0.0636. The zero-order valence-electron chi connectivity index (χ0n) is 12.4. The van der Waals surface area contributed by atoms with Crippen molar-refractivity contribution in [2.45, 2.75) is 26.4 Å². The quantitative estimate of drug-likeness (QED) is 0.872. The summed E-state index contributed by atoms with van der Waals surface area (Å²) >= 11 is 3.47. The Hall–Kier alpha value is -1.82. The van der Waals surface area contributed by atoms with Crippen LogP contribution in [0.5, 0.6) is 5.88 Å². The highest BCUT2D eigenvalue weighted by molar-refractivity contribution is 9.10. The van der Waals surface area contributed by atoms with E-state index < -0.39 is 11.7 Å². The van der Waals surface area contributed by atoms with Gasteiger partial charge in [0.25, 0.3) is 0 Å². The molecule has 6 heteroatoms. The molecule has 0 unspecified atom stereocenters. The second kappa shape index (κ2) is 5.89. The topological polar surface area (TPSA) is 60.5 Å². The fraction of sp³-hybridized carbons (Fsp3) is 0.333. The van der Waals surface area contributed by atoms with Crippen molar-refractivity contribution in [3.8, 4) is 5.88 Å². The number of ether oxygens (including phenoxy) is 2. The number of rotatable bonds is 2. The number of fused-ring (bicyclic) bond motifs is 1. The van der Waals surface area contributed by atoms with Crippen molar-refractivity contribution in [2.75, 3.05) is 12.4 Å². The van der Waals surface area contributed by atoms with Gasteiger partial charge in [0, 0.05) is 21.6 Å². The van der Waals surface area contributed by atoms with E-state index >= 15 is 0 Å². The molecule has 0 aliphatic rings. The molecule has 0 saturated heterocycles. The van der Waals surface area contributed by atoms with Gasteiger partial charge in [0.1, 0.15) is 5.60 Å². The lowest BCUT2D eigenvalue weighted by Gasteiger charge is -2.19. The first-order valence-electron chi connectivity index (χ1n) is 6.43. The zero-order chi connectivity index (χ0) is 15.6. The molecule has 0 saturated carbocycles. The number of hydrogen-bond donors (Lipinski definition) is 1. The van der Waals surface area contributed by atoms with Crippen molar-refractivity contribution in [2.24, 2.45) is 0 Å². The number of anilines is 1. The molecule has 0 atom stereocenters. The van der Waals surface area contributed by atoms with E-state index in [0.717, 1.165) is 15.4 Å². The SMILES string of the molecule is COc1ccc2c(Br)cc(NC(=O)OC(C)(C)C)cc2n1. The van der Waals surface area contributed by atoms with Crippen molar-refractivity contribution in [1.82, 2.24) is 4.98 Å². The van der Waals surface area contributed by atoms with Crippen LogP contribution in [0.2, 0.25) is 0 Å². The molecule has 1 amide bonds. The molecule has 2 aromatic rings. The molecular weight excluding hydrogens is 336 g/mol. The lowest BCUT2D eigenvalue weighted by Crippen LogP contribution is -2.27. The van der Waals surface area contributed by atoms with Crippen LogP contribution in [0.1, 0.15) is 20.8 Å². The number of carbonyl (C=O) groups excluding carboxylic acids is 1. The maximum atomic E-state index is 11.8. The smallest absolute Gasteiger partial charge is 0.412 e. The highest BCUT2D eigenvalue weighted by Crippen LogP contribution is 2.29. The normalized spacial score (nSPS) is 11.3. The van der Waals surface area contributed by atoms with Crippen LogP contribution in [-0.4, -0.2) is 23.8 Å². The molecule has 1 aromatic carbocycles. The second-order valence-corrected chi connectivity index (χ2v) is 6.36. The Morgan fingerprint density at radius 1 is 1.29 bits per heavy atom. The minimum absolute atomic E-state index is 0.503. The highest BCUT2D eigenvalue weighted by atomic mass is 79.9. The number of nitrogens with zero attached hydrogens (tertiary/aromatic N) is 1. The van der Waals surface area contributed by atoms with Gasteiger partial charge >= 0.3 is 6.09 Å². The molecule has 21 heavy (non-hydrogen) atoms. The number of amides is 1. The Morgan fingerprint density at radius 3 is 2.62 bits per heavy atom. The molecule has 1 N–H and O–H groups in total. The van der Waals surface area contributed by atoms with E-state index in [0.29, 0.717) is 11.6 Å². The van der Waals surface area contributed by atoms with Gasteiger partial charge in [-0.15, -0.1) is 0 Å². The molecule has 1 heterocycles. The van der Waals surface area contributed by atoms with E-state index in [4.69, 9.17) is 9.47 Å². The second-order valence-electron chi connectivity index (χ2n) is 5.51. The third-order valence-electron chi connectivity index (χ3n) is 2.59. The van der Waals surface area contributed by atoms with Gasteiger partial charge in [-0.3, -0.25) is 5.32 Å². The van der Waals surface area contributed by atoms with Crippen LogP contribution in [0.4, 0.5) is 10.5 Å². The van der Waals surface area contributed by atoms with E-state index in [2.05, 4.69) is 26.2 Å². The molecule has 112 valence electrons. The Labute approximate surface area is 131 Å². The first-order valence-corrected chi connectivity index (χ1v) is 7.22. The van der Waals surface area contributed by atoms with E-state index in [-0.39, 0.29) is 0 Å². The summed E-state index contributed by atoms with van der Waals surface area (Å²) < 4.78 is 11.2. The van der Waals surface area contributed by atoms with Crippen LogP contribution < -0.4 is 10.1 Å². The summed E-state index contributed by atoms with van der Waals surface area (Å²) in [5, 5.41) is 3.63. The van der Waals surface area contributed by atoms with Crippen LogP contribution >= 0.6 is 15.9 Å². The van der Waals surface area contributed by atoms with Crippen molar-refractivity contribution < 1.29 is 14.3 Å². The number of nitrogens with one attached hydrogen (secondary N) is 1. The average molecular weight is 353 g/mol. The Kier molecular flexibility index (Phi) is 4.37. The predicted octanol–water partition coefficient (Wildman–Crippen LogP) is 4.35. The number of hydrogen-bond acceptors (Lipinski definition) is 4. The Morgan fingerprint density at radius 2 is 2.00 bits per heavy atom. The van der Waals surface area contributed by atoms with E-state index in [1.807, 2.05) is 26.8 Å². The van der Waals surface area contributed by atoms with Crippen LogP contribution in [0.3, 0.4) is 0 Å². The minimum atomic E-state index is -0.542. The highest BCUT2D eigenvalue weighted by Gasteiger charge is 2.16. The summed E-state index contributed by atoms with van der Waals surface area (Å²) in [5.41, 5.74) is 0.777. The number of halogens is 1. The summed E-state index contributed by atoms with van der Waals surface area (Å²) in [4.78, 5) is 16.2. The average Bonchev–Trinajstić information content (AvgIpc) is 2.35. The standard InChI is InChI=1S/C15H17BrN2O3/c1-15(2,3)21-14(19)17-9-7-11(16)10-5-6-13(20-4)18-12(10)8-9/h5-8H,1-4H3,(H,17,19). The summed E-state index contributed by atoms with van der Waals surface area (Å²) in [6.45, 7) is 5.44. The van der Waals surface area contributed by atoms with Gasteiger partial charge in [0.05, 0.1) is 12.6 Å². The van der Waals surface area contributed by atoms with Gasteiger partial charge < -0.3 is 9.47 Å². The fourth-order valence-corrected chi connectivity index (χ4v) is 2.36. The van der Waals surface area contributed by atoms with E-state index in [9.17, 15) is 4.79 Å². The number of benzene rings is 1. The Bertz CT molecular complexity index is 680. The van der Waals surface area contributed by atoms with Gasteiger partial charge in [-0.25, -0.2) is 9.78 Å².